The second-order valence-corrected chi connectivity index (χ2v) is 5.56. The average molecular weight is 404 g/mol. The van der Waals surface area contributed by atoms with E-state index in [0.29, 0.717) is 0 Å². The molecule has 0 aliphatic heterocycles. The monoisotopic (exact) mass is 404 g/mol. The summed E-state index contributed by atoms with van der Waals surface area (Å²) in [5.41, 5.74) is 1.81. The van der Waals surface area contributed by atoms with Crippen molar-refractivity contribution in [1.29, 1.82) is 0 Å². The van der Waals surface area contributed by atoms with Crippen LogP contribution in [0.2, 0.25) is 0 Å². The van der Waals surface area contributed by atoms with E-state index in [-0.39, 0.29) is 23.5 Å². The molecule has 3 N–H and O–H groups in total. The number of ether oxygens (including phenoxy) is 1. The summed E-state index contributed by atoms with van der Waals surface area (Å²) in [6, 6.07) is 7.33. The molecule has 10 nitrogen and oxygen atoms in total. The lowest BCUT2D eigenvalue weighted by Crippen LogP contribution is -2.34. The Morgan fingerprint density at radius 2 is 2.10 bits per heavy atom. The van der Waals surface area contributed by atoms with E-state index in [0.717, 1.165) is 18.3 Å². The molecule has 2 aromatic rings. The van der Waals surface area contributed by atoms with Gasteiger partial charge in [-0.05, 0) is 31.2 Å². The van der Waals surface area contributed by atoms with Crippen LogP contribution in [0.4, 0.5) is 10.1 Å². The van der Waals surface area contributed by atoms with Gasteiger partial charge in [0.1, 0.15) is 5.82 Å². The number of carbonyl (C=O) groups is 2. The summed E-state index contributed by atoms with van der Waals surface area (Å²) in [5, 5.41) is 26.8. The maximum atomic E-state index is 13.1. The number of hydrogen-bond acceptors (Lipinski definition) is 7. The molecule has 0 spiro atoms. The Labute approximate surface area is 164 Å². The summed E-state index contributed by atoms with van der Waals surface area (Å²) in [7, 11) is 0. The number of nitro benzene ring substituents is 1. The molecular weight excluding hydrogens is 387 g/mol. The molecule has 0 aliphatic rings. The van der Waals surface area contributed by atoms with Gasteiger partial charge in [0.05, 0.1) is 24.3 Å². The van der Waals surface area contributed by atoms with Crippen LogP contribution < -0.4 is 15.5 Å². The van der Waals surface area contributed by atoms with Gasteiger partial charge in [0.2, 0.25) is 5.75 Å². The van der Waals surface area contributed by atoms with Gasteiger partial charge in [-0.2, -0.15) is 5.10 Å². The van der Waals surface area contributed by atoms with E-state index in [4.69, 9.17) is 4.74 Å². The standard InChI is InChI=1S/C18H17FN4O6/c1-2-29-15-7-11(6-14(17(15)25)23(27)28)9-21-22-16(24)10-20-18(26)12-4-3-5-13(19)8-12/h3-9,25H,2,10H2,1H3,(H,20,26)(H,22,24). The number of benzene rings is 2. The number of amides is 2. The Hall–Kier alpha value is -4.02. The lowest BCUT2D eigenvalue weighted by Gasteiger charge is -2.07. The van der Waals surface area contributed by atoms with E-state index >= 15 is 0 Å². The number of hydrazone groups is 1. The predicted molar refractivity (Wildman–Crippen MR) is 100 cm³/mol. The lowest BCUT2D eigenvalue weighted by molar-refractivity contribution is -0.386. The number of phenols is 1. The van der Waals surface area contributed by atoms with Crippen molar-refractivity contribution in [3.63, 3.8) is 0 Å². The summed E-state index contributed by atoms with van der Waals surface area (Å²) >= 11 is 0. The summed E-state index contributed by atoms with van der Waals surface area (Å²) in [6.07, 6.45) is 1.11. The number of nitrogens with zero attached hydrogens (tertiary/aromatic N) is 2. The fourth-order valence-corrected chi connectivity index (χ4v) is 2.20. The van der Waals surface area contributed by atoms with Crippen molar-refractivity contribution in [3.05, 3.63) is 63.5 Å². The molecule has 29 heavy (non-hydrogen) atoms. The summed E-state index contributed by atoms with van der Waals surface area (Å²) in [5.74, 6) is -2.61. The molecule has 11 heteroatoms. The number of nitrogens with one attached hydrogen (secondary N) is 2. The number of aromatic hydroxyl groups is 1. The molecule has 0 saturated carbocycles. The van der Waals surface area contributed by atoms with Gasteiger partial charge >= 0.3 is 5.69 Å². The van der Waals surface area contributed by atoms with E-state index in [9.17, 15) is 29.2 Å². The minimum Gasteiger partial charge on any atom is -0.500 e. The first kappa shape index (κ1) is 21.3. The average Bonchev–Trinajstić information content (AvgIpc) is 2.68. The van der Waals surface area contributed by atoms with Gasteiger partial charge in [-0.1, -0.05) is 6.07 Å². The molecule has 152 valence electrons. The molecule has 2 amide bonds. The molecule has 0 aromatic heterocycles. The fourth-order valence-electron chi connectivity index (χ4n) is 2.20. The molecule has 0 aliphatic carbocycles. The van der Waals surface area contributed by atoms with Gasteiger partial charge in [-0.3, -0.25) is 19.7 Å². The molecule has 2 aromatic carbocycles. The highest BCUT2D eigenvalue weighted by molar-refractivity contribution is 5.96. The number of nitro groups is 1. The molecule has 0 bridgehead atoms. The second kappa shape index (κ2) is 9.78. The van der Waals surface area contributed by atoms with Crippen molar-refractivity contribution in [2.45, 2.75) is 6.92 Å². The Morgan fingerprint density at radius 1 is 1.34 bits per heavy atom. The molecule has 0 saturated heterocycles. The van der Waals surface area contributed by atoms with E-state index in [1.54, 1.807) is 6.92 Å². The van der Waals surface area contributed by atoms with Crippen LogP contribution in [0.25, 0.3) is 0 Å². The van der Waals surface area contributed by atoms with Crippen LogP contribution >= 0.6 is 0 Å². The zero-order chi connectivity index (χ0) is 21.4. The first-order valence-electron chi connectivity index (χ1n) is 8.31. The minimum atomic E-state index is -0.782. The van der Waals surface area contributed by atoms with Gasteiger partial charge in [-0.15, -0.1) is 0 Å². The van der Waals surface area contributed by atoms with E-state index < -0.39 is 40.5 Å². The Balaban J connectivity index is 1.97. The van der Waals surface area contributed by atoms with Gasteiger partial charge in [0.15, 0.2) is 5.75 Å². The fraction of sp³-hybridized carbons (Fsp3) is 0.167. The molecule has 0 radical (unpaired) electrons. The van der Waals surface area contributed by atoms with Crippen LogP contribution in [-0.2, 0) is 4.79 Å². The molecule has 0 atom stereocenters. The highest BCUT2D eigenvalue weighted by atomic mass is 19.1. The molecule has 0 fully saturated rings. The van der Waals surface area contributed by atoms with E-state index in [1.165, 1.54) is 24.3 Å². The van der Waals surface area contributed by atoms with Gasteiger partial charge in [0, 0.05) is 17.2 Å². The maximum absolute atomic E-state index is 13.1. The minimum absolute atomic E-state index is 0.0566. The number of phenolic OH excluding ortho intramolecular Hbond substituents is 1. The predicted octanol–water partition coefficient (Wildman–Crippen LogP) is 1.72. The lowest BCUT2D eigenvalue weighted by atomic mass is 10.2. The normalized spacial score (nSPS) is 10.6. The molecule has 0 unspecified atom stereocenters. The zero-order valence-electron chi connectivity index (χ0n) is 15.2. The van der Waals surface area contributed by atoms with Crippen LogP contribution in [-0.4, -0.2) is 41.2 Å². The molecule has 2 rings (SSSR count). The smallest absolute Gasteiger partial charge is 0.315 e. The van der Waals surface area contributed by atoms with Crippen LogP contribution in [0, 0.1) is 15.9 Å². The van der Waals surface area contributed by atoms with Crippen LogP contribution in [0.1, 0.15) is 22.8 Å². The number of halogens is 1. The van der Waals surface area contributed by atoms with Crippen molar-refractivity contribution >= 4 is 23.7 Å². The number of rotatable bonds is 8. The van der Waals surface area contributed by atoms with E-state index in [1.807, 2.05) is 0 Å². The Morgan fingerprint density at radius 3 is 2.76 bits per heavy atom. The quantitative estimate of drug-likeness (QED) is 0.347. The zero-order valence-corrected chi connectivity index (χ0v) is 15.2. The first-order chi connectivity index (χ1) is 13.8. The SMILES string of the molecule is CCOc1cc(C=NNC(=O)CNC(=O)c2cccc(F)c2)cc([N+](=O)[O-])c1O. The molecule has 0 heterocycles. The summed E-state index contributed by atoms with van der Waals surface area (Å²) < 4.78 is 18.2. The topological polar surface area (TPSA) is 143 Å². The van der Waals surface area contributed by atoms with Crippen molar-refractivity contribution in [3.8, 4) is 11.5 Å². The molecular formula is C18H17FN4O6. The van der Waals surface area contributed by atoms with Crippen molar-refractivity contribution in [1.82, 2.24) is 10.7 Å². The van der Waals surface area contributed by atoms with Crippen LogP contribution in [0.15, 0.2) is 41.5 Å². The van der Waals surface area contributed by atoms with Gasteiger partial charge < -0.3 is 15.2 Å². The number of hydrogen-bond donors (Lipinski definition) is 3. The first-order valence-corrected chi connectivity index (χ1v) is 8.31. The summed E-state index contributed by atoms with van der Waals surface area (Å²) in [6.45, 7) is 1.39. The van der Waals surface area contributed by atoms with Crippen LogP contribution in [0.5, 0.6) is 11.5 Å². The van der Waals surface area contributed by atoms with E-state index in [2.05, 4.69) is 15.8 Å². The third-order valence-corrected chi connectivity index (χ3v) is 3.47. The second-order valence-electron chi connectivity index (χ2n) is 5.56. The van der Waals surface area contributed by atoms with Crippen LogP contribution in [0.3, 0.4) is 0 Å². The van der Waals surface area contributed by atoms with Crippen molar-refractivity contribution in [2.24, 2.45) is 5.10 Å². The van der Waals surface area contributed by atoms with Crippen molar-refractivity contribution < 1.29 is 28.7 Å². The highest BCUT2D eigenvalue weighted by Crippen LogP contribution is 2.36. The Bertz CT molecular complexity index is 963. The van der Waals surface area contributed by atoms with Crippen molar-refractivity contribution in [2.75, 3.05) is 13.2 Å². The third-order valence-electron chi connectivity index (χ3n) is 3.47. The van der Waals surface area contributed by atoms with Gasteiger partial charge in [0.25, 0.3) is 11.8 Å². The number of carbonyl (C=O) groups excluding carboxylic acids is 2. The highest BCUT2D eigenvalue weighted by Gasteiger charge is 2.19. The largest absolute Gasteiger partial charge is 0.500 e. The summed E-state index contributed by atoms with van der Waals surface area (Å²) in [4.78, 5) is 33.8. The third kappa shape index (κ3) is 5.99. The maximum Gasteiger partial charge on any atom is 0.315 e. The Kier molecular flexibility index (Phi) is 7.18. The van der Waals surface area contributed by atoms with Gasteiger partial charge in [-0.25, -0.2) is 9.82 Å².